The lowest BCUT2D eigenvalue weighted by atomic mass is 10.6. The molecule has 0 aliphatic rings. The first kappa shape index (κ1) is 9.82. The molecule has 3 heteroatoms. The van der Waals surface area contributed by atoms with Crippen LogP contribution in [0.3, 0.4) is 0 Å². The molecule has 60 valence electrons. The topological polar surface area (TPSA) is 33.1 Å². The molecule has 0 aliphatic carbocycles. The molecule has 0 aliphatic heterocycles. The SMILES string of the molecule is CCOC(=N)CSC(C)C. The van der Waals surface area contributed by atoms with Crippen molar-refractivity contribution in [3.63, 3.8) is 0 Å². The molecule has 10 heavy (non-hydrogen) atoms. The summed E-state index contributed by atoms with van der Waals surface area (Å²) in [5.41, 5.74) is 0. The Morgan fingerprint density at radius 2 is 2.20 bits per heavy atom. The lowest BCUT2D eigenvalue weighted by Gasteiger charge is -2.05. The summed E-state index contributed by atoms with van der Waals surface area (Å²) in [7, 11) is 0. The van der Waals surface area contributed by atoms with Crippen molar-refractivity contribution in [1.82, 2.24) is 0 Å². The number of hydrogen-bond donors (Lipinski definition) is 1. The largest absolute Gasteiger partial charge is 0.481 e. The van der Waals surface area contributed by atoms with Crippen LogP contribution in [0.4, 0.5) is 0 Å². The maximum atomic E-state index is 7.24. The molecule has 1 N–H and O–H groups in total. The van der Waals surface area contributed by atoms with Gasteiger partial charge in [-0.3, -0.25) is 5.41 Å². The minimum Gasteiger partial charge on any atom is -0.481 e. The van der Waals surface area contributed by atoms with Crippen molar-refractivity contribution >= 4 is 17.7 Å². The molecular formula is C7H15NOS. The molecule has 0 rings (SSSR count). The normalized spacial score (nSPS) is 10.0. The quantitative estimate of drug-likeness (QED) is 0.506. The maximum absolute atomic E-state index is 7.24. The van der Waals surface area contributed by atoms with Crippen LogP contribution >= 0.6 is 11.8 Å². The summed E-state index contributed by atoms with van der Waals surface area (Å²) in [6.07, 6.45) is 0. The first-order chi connectivity index (χ1) is 4.66. The van der Waals surface area contributed by atoms with E-state index in [9.17, 15) is 0 Å². The molecule has 0 aromatic carbocycles. The van der Waals surface area contributed by atoms with Crippen LogP contribution in [0.2, 0.25) is 0 Å². The number of rotatable bonds is 4. The van der Waals surface area contributed by atoms with Gasteiger partial charge < -0.3 is 4.74 Å². The van der Waals surface area contributed by atoms with Gasteiger partial charge in [-0.15, -0.1) is 11.8 Å². The molecular weight excluding hydrogens is 146 g/mol. The van der Waals surface area contributed by atoms with Gasteiger partial charge in [-0.2, -0.15) is 0 Å². The van der Waals surface area contributed by atoms with Gasteiger partial charge in [0.25, 0.3) is 0 Å². The molecule has 0 amide bonds. The highest BCUT2D eigenvalue weighted by Crippen LogP contribution is 2.08. The summed E-state index contributed by atoms with van der Waals surface area (Å²) in [6, 6.07) is 0. The van der Waals surface area contributed by atoms with Crippen molar-refractivity contribution in [3.8, 4) is 0 Å². The lowest BCUT2D eigenvalue weighted by molar-refractivity contribution is 0.322. The van der Waals surface area contributed by atoms with E-state index in [1.165, 1.54) is 0 Å². The fraction of sp³-hybridized carbons (Fsp3) is 0.857. The van der Waals surface area contributed by atoms with Crippen LogP contribution in [0, 0.1) is 5.41 Å². The van der Waals surface area contributed by atoms with Crippen LogP contribution in [0.1, 0.15) is 20.8 Å². The fourth-order valence-corrected chi connectivity index (χ4v) is 1.03. The Kier molecular flexibility index (Phi) is 5.49. The van der Waals surface area contributed by atoms with Gasteiger partial charge in [0.2, 0.25) is 0 Å². The van der Waals surface area contributed by atoms with Gasteiger partial charge in [-0.05, 0) is 12.2 Å². The molecule has 0 fully saturated rings. The van der Waals surface area contributed by atoms with Crippen LogP contribution in [-0.2, 0) is 4.74 Å². The van der Waals surface area contributed by atoms with Gasteiger partial charge in [0.15, 0.2) is 5.90 Å². The predicted molar refractivity (Wildman–Crippen MR) is 46.9 cm³/mol. The second-order valence-electron chi connectivity index (χ2n) is 2.22. The number of ether oxygens (including phenoxy) is 1. The molecule has 0 bridgehead atoms. The van der Waals surface area contributed by atoms with Gasteiger partial charge in [0.05, 0.1) is 12.4 Å². The Balaban J connectivity index is 3.22. The zero-order valence-electron chi connectivity index (χ0n) is 6.81. The zero-order chi connectivity index (χ0) is 7.98. The van der Waals surface area contributed by atoms with Gasteiger partial charge >= 0.3 is 0 Å². The van der Waals surface area contributed by atoms with E-state index < -0.39 is 0 Å². The first-order valence-electron chi connectivity index (χ1n) is 3.48. The standard InChI is InChI=1S/C7H15NOS/c1-4-9-7(8)5-10-6(2)3/h6,8H,4-5H2,1-3H3. The minimum atomic E-state index is 0.390. The monoisotopic (exact) mass is 161 g/mol. The second kappa shape index (κ2) is 5.59. The summed E-state index contributed by atoms with van der Waals surface area (Å²) in [6.45, 7) is 6.74. The Labute approximate surface area is 66.9 Å². The third-order valence-corrected chi connectivity index (χ3v) is 1.96. The zero-order valence-corrected chi connectivity index (χ0v) is 7.62. The summed E-state index contributed by atoms with van der Waals surface area (Å²) in [5, 5.41) is 7.82. The molecule has 0 saturated heterocycles. The van der Waals surface area contributed by atoms with Crippen molar-refractivity contribution in [2.45, 2.75) is 26.0 Å². The Morgan fingerprint density at radius 3 is 2.60 bits per heavy atom. The third kappa shape index (κ3) is 5.95. The molecule has 0 unspecified atom stereocenters. The van der Waals surface area contributed by atoms with Crippen molar-refractivity contribution < 1.29 is 4.74 Å². The Bertz CT molecular complexity index is 104. The van der Waals surface area contributed by atoms with Crippen molar-refractivity contribution in [1.29, 1.82) is 5.41 Å². The molecule has 0 heterocycles. The summed E-state index contributed by atoms with van der Waals surface area (Å²) in [4.78, 5) is 0. The second-order valence-corrected chi connectivity index (χ2v) is 3.78. The average Bonchev–Trinajstić information content (AvgIpc) is 1.85. The molecule has 0 saturated carbocycles. The average molecular weight is 161 g/mol. The lowest BCUT2D eigenvalue weighted by Crippen LogP contribution is -2.07. The summed E-state index contributed by atoms with van der Waals surface area (Å²) >= 11 is 1.73. The van der Waals surface area contributed by atoms with E-state index in [1.807, 2.05) is 6.92 Å². The van der Waals surface area contributed by atoms with E-state index in [0.29, 0.717) is 23.5 Å². The van der Waals surface area contributed by atoms with Gasteiger partial charge in [0, 0.05) is 0 Å². The van der Waals surface area contributed by atoms with E-state index in [2.05, 4.69) is 13.8 Å². The Morgan fingerprint density at radius 1 is 1.60 bits per heavy atom. The van der Waals surface area contributed by atoms with Crippen LogP contribution < -0.4 is 0 Å². The van der Waals surface area contributed by atoms with Gasteiger partial charge in [0.1, 0.15) is 0 Å². The maximum Gasteiger partial charge on any atom is 0.190 e. The highest BCUT2D eigenvalue weighted by atomic mass is 32.2. The molecule has 0 aromatic heterocycles. The van der Waals surface area contributed by atoms with Crippen molar-refractivity contribution in [2.75, 3.05) is 12.4 Å². The molecule has 2 nitrogen and oxygen atoms in total. The number of nitrogens with one attached hydrogen (secondary N) is 1. The highest BCUT2D eigenvalue weighted by molar-refractivity contribution is 8.00. The number of hydrogen-bond acceptors (Lipinski definition) is 3. The summed E-state index contributed by atoms with van der Waals surface area (Å²) in [5.74, 6) is 1.09. The number of thioether (sulfide) groups is 1. The van der Waals surface area contributed by atoms with E-state index in [4.69, 9.17) is 10.1 Å². The Hall–Kier alpha value is -0.180. The van der Waals surface area contributed by atoms with Crippen LogP contribution in [-0.4, -0.2) is 23.5 Å². The molecule has 0 atom stereocenters. The van der Waals surface area contributed by atoms with E-state index >= 15 is 0 Å². The van der Waals surface area contributed by atoms with Gasteiger partial charge in [-0.1, -0.05) is 13.8 Å². The predicted octanol–water partition coefficient (Wildman–Crippen LogP) is 2.14. The van der Waals surface area contributed by atoms with Gasteiger partial charge in [-0.25, -0.2) is 0 Å². The minimum absolute atomic E-state index is 0.390. The highest BCUT2D eigenvalue weighted by Gasteiger charge is 1.98. The molecule has 0 radical (unpaired) electrons. The van der Waals surface area contributed by atoms with Crippen LogP contribution in [0.25, 0.3) is 0 Å². The third-order valence-electron chi connectivity index (χ3n) is 0.866. The first-order valence-corrected chi connectivity index (χ1v) is 4.53. The summed E-state index contributed by atoms with van der Waals surface area (Å²) < 4.78 is 4.95. The van der Waals surface area contributed by atoms with E-state index in [0.717, 1.165) is 0 Å². The van der Waals surface area contributed by atoms with E-state index in [-0.39, 0.29) is 0 Å². The molecule has 0 spiro atoms. The van der Waals surface area contributed by atoms with Crippen LogP contribution in [0.5, 0.6) is 0 Å². The fourth-order valence-electron chi connectivity index (χ4n) is 0.458. The van der Waals surface area contributed by atoms with Crippen LogP contribution in [0.15, 0.2) is 0 Å². The van der Waals surface area contributed by atoms with Crippen molar-refractivity contribution in [2.24, 2.45) is 0 Å². The van der Waals surface area contributed by atoms with E-state index in [1.54, 1.807) is 11.8 Å². The molecule has 0 aromatic rings. The smallest absolute Gasteiger partial charge is 0.190 e. The van der Waals surface area contributed by atoms with Crippen molar-refractivity contribution in [3.05, 3.63) is 0 Å².